The number of rotatable bonds is 1. The molecule has 0 bridgehead atoms. The van der Waals surface area contributed by atoms with Gasteiger partial charge < -0.3 is 11.1 Å². The van der Waals surface area contributed by atoms with Crippen LogP contribution >= 0.6 is 0 Å². The van der Waals surface area contributed by atoms with Crippen LogP contribution in [0.5, 0.6) is 0 Å². The summed E-state index contributed by atoms with van der Waals surface area (Å²) >= 11 is 0. The van der Waals surface area contributed by atoms with Crippen molar-refractivity contribution in [3.05, 3.63) is 11.6 Å². The van der Waals surface area contributed by atoms with E-state index < -0.39 is 0 Å². The second kappa shape index (κ2) is 2.84. The number of hydrogen-bond donors (Lipinski definition) is 2. The lowest BCUT2D eigenvalue weighted by Gasteiger charge is -2.11. The Morgan fingerprint density at radius 1 is 1.75 bits per heavy atom. The molecule has 0 aromatic carbocycles. The highest BCUT2D eigenvalue weighted by Gasteiger charge is 1.97. The van der Waals surface area contributed by atoms with Gasteiger partial charge in [-0.05, 0) is 18.5 Å². The molecule has 0 saturated heterocycles. The number of hydrogen-bond acceptors (Lipinski definition) is 2. The van der Waals surface area contributed by atoms with Crippen LogP contribution in [-0.4, -0.2) is 19.6 Å². The Kier molecular flexibility index (Phi) is 2.06. The van der Waals surface area contributed by atoms with Crippen LogP contribution in [0.2, 0.25) is 0 Å². The minimum absolute atomic E-state index is 0.715. The second-order valence-corrected chi connectivity index (χ2v) is 2.03. The maximum Gasteiger partial charge on any atom is 0.0177 e. The molecule has 46 valence electrons. The average molecular weight is 112 g/mol. The second-order valence-electron chi connectivity index (χ2n) is 2.03. The maximum absolute atomic E-state index is 5.39. The minimum Gasteiger partial charge on any atom is -0.327 e. The molecule has 0 unspecified atom stereocenters. The van der Waals surface area contributed by atoms with Gasteiger partial charge in [0.05, 0.1) is 0 Å². The van der Waals surface area contributed by atoms with Crippen molar-refractivity contribution in [2.45, 2.75) is 6.42 Å². The topological polar surface area (TPSA) is 38.0 Å². The van der Waals surface area contributed by atoms with Crippen molar-refractivity contribution in [2.24, 2.45) is 5.73 Å². The predicted molar refractivity (Wildman–Crippen MR) is 34.6 cm³/mol. The molecular weight excluding hydrogens is 100 g/mol. The molecule has 1 aliphatic heterocycles. The first kappa shape index (κ1) is 5.79. The molecule has 2 heteroatoms. The van der Waals surface area contributed by atoms with Gasteiger partial charge in [0, 0.05) is 13.1 Å². The van der Waals surface area contributed by atoms with E-state index >= 15 is 0 Å². The van der Waals surface area contributed by atoms with Crippen molar-refractivity contribution in [1.29, 1.82) is 0 Å². The maximum atomic E-state index is 5.39. The monoisotopic (exact) mass is 112 g/mol. The molecule has 0 spiro atoms. The fraction of sp³-hybridized carbons (Fsp3) is 0.667. The van der Waals surface area contributed by atoms with E-state index in [1.807, 2.05) is 0 Å². The van der Waals surface area contributed by atoms with Crippen LogP contribution in [0.4, 0.5) is 0 Å². The Bertz CT molecular complexity index is 96.7. The summed E-state index contributed by atoms with van der Waals surface area (Å²) in [4.78, 5) is 0. The lowest BCUT2D eigenvalue weighted by molar-refractivity contribution is 0.693. The summed E-state index contributed by atoms with van der Waals surface area (Å²) < 4.78 is 0. The highest BCUT2D eigenvalue weighted by atomic mass is 14.9. The highest BCUT2D eigenvalue weighted by molar-refractivity contribution is 5.08. The van der Waals surface area contributed by atoms with Gasteiger partial charge in [0.15, 0.2) is 0 Å². The van der Waals surface area contributed by atoms with Crippen molar-refractivity contribution >= 4 is 0 Å². The van der Waals surface area contributed by atoms with Gasteiger partial charge in [-0.25, -0.2) is 0 Å². The summed E-state index contributed by atoms with van der Waals surface area (Å²) in [5.41, 5.74) is 6.74. The Morgan fingerprint density at radius 2 is 2.62 bits per heavy atom. The van der Waals surface area contributed by atoms with E-state index in [0.717, 1.165) is 19.5 Å². The van der Waals surface area contributed by atoms with Gasteiger partial charge in [0.1, 0.15) is 0 Å². The molecule has 2 nitrogen and oxygen atoms in total. The standard InChI is InChI=1S/C6H12N2/c7-4-6-2-1-3-8-5-6/h2,8H,1,3-5,7H2. The van der Waals surface area contributed by atoms with Crippen LogP contribution in [0.15, 0.2) is 11.6 Å². The summed E-state index contributed by atoms with van der Waals surface area (Å²) in [5, 5.41) is 3.24. The molecule has 1 aliphatic rings. The zero-order valence-corrected chi connectivity index (χ0v) is 4.98. The number of nitrogens with one attached hydrogen (secondary N) is 1. The van der Waals surface area contributed by atoms with Gasteiger partial charge in [0.2, 0.25) is 0 Å². The molecular formula is C6H12N2. The summed E-state index contributed by atoms with van der Waals surface area (Å²) in [6.45, 7) is 2.83. The largest absolute Gasteiger partial charge is 0.327 e. The highest BCUT2D eigenvalue weighted by Crippen LogP contribution is 1.96. The van der Waals surface area contributed by atoms with Crippen LogP contribution in [0.3, 0.4) is 0 Å². The molecule has 3 N–H and O–H groups in total. The van der Waals surface area contributed by atoms with E-state index in [-0.39, 0.29) is 0 Å². The van der Waals surface area contributed by atoms with Crippen molar-refractivity contribution in [3.63, 3.8) is 0 Å². The Hall–Kier alpha value is -0.340. The smallest absolute Gasteiger partial charge is 0.0177 e. The number of nitrogens with two attached hydrogens (primary N) is 1. The van der Waals surface area contributed by atoms with Crippen LogP contribution in [0.1, 0.15) is 6.42 Å². The summed E-state index contributed by atoms with van der Waals surface area (Å²) in [7, 11) is 0. The third-order valence-corrected chi connectivity index (χ3v) is 1.37. The van der Waals surface area contributed by atoms with E-state index in [9.17, 15) is 0 Å². The lowest BCUT2D eigenvalue weighted by atomic mass is 10.1. The van der Waals surface area contributed by atoms with Gasteiger partial charge in [-0.2, -0.15) is 0 Å². The van der Waals surface area contributed by atoms with Gasteiger partial charge in [-0.3, -0.25) is 0 Å². The summed E-state index contributed by atoms with van der Waals surface area (Å²) in [6, 6.07) is 0. The lowest BCUT2D eigenvalue weighted by Crippen LogP contribution is -2.25. The first-order valence-corrected chi connectivity index (χ1v) is 3.02. The van der Waals surface area contributed by atoms with Gasteiger partial charge in [-0.15, -0.1) is 0 Å². The zero-order chi connectivity index (χ0) is 5.82. The molecule has 1 heterocycles. The van der Waals surface area contributed by atoms with E-state index in [1.54, 1.807) is 0 Å². The third kappa shape index (κ3) is 1.32. The van der Waals surface area contributed by atoms with Crippen LogP contribution in [0.25, 0.3) is 0 Å². The molecule has 0 fully saturated rings. The fourth-order valence-electron chi connectivity index (χ4n) is 0.855. The van der Waals surface area contributed by atoms with Crippen LogP contribution < -0.4 is 11.1 Å². The molecule has 0 amide bonds. The first-order valence-electron chi connectivity index (χ1n) is 3.02. The quantitative estimate of drug-likeness (QED) is 0.463. The van der Waals surface area contributed by atoms with E-state index in [2.05, 4.69) is 11.4 Å². The third-order valence-electron chi connectivity index (χ3n) is 1.37. The molecule has 0 atom stereocenters. The predicted octanol–water partition coefficient (Wildman–Crippen LogP) is -0.135. The molecule has 0 aliphatic carbocycles. The molecule has 0 radical (unpaired) electrons. The minimum atomic E-state index is 0.715. The summed E-state index contributed by atoms with van der Waals surface area (Å²) in [6.07, 6.45) is 3.36. The van der Waals surface area contributed by atoms with Crippen LogP contribution in [-0.2, 0) is 0 Å². The summed E-state index contributed by atoms with van der Waals surface area (Å²) in [5.74, 6) is 0. The molecule has 8 heavy (non-hydrogen) atoms. The zero-order valence-electron chi connectivity index (χ0n) is 4.98. The van der Waals surface area contributed by atoms with Crippen molar-refractivity contribution in [3.8, 4) is 0 Å². The van der Waals surface area contributed by atoms with Crippen molar-refractivity contribution in [1.82, 2.24) is 5.32 Å². The van der Waals surface area contributed by atoms with Crippen molar-refractivity contribution < 1.29 is 0 Å². The SMILES string of the molecule is NCC1=CCCNC1. The van der Waals surface area contributed by atoms with E-state index in [4.69, 9.17) is 5.73 Å². The van der Waals surface area contributed by atoms with Crippen molar-refractivity contribution in [2.75, 3.05) is 19.6 Å². The normalized spacial score (nSPS) is 20.4. The average Bonchev–Trinajstić information content (AvgIpc) is 1.90. The molecule has 0 aromatic rings. The van der Waals surface area contributed by atoms with E-state index in [0.29, 0.717) is 6.54 Å². The van der Waals surface area contributed by atoms with E-state index in [1.165, 1.54) is 5.57 Å². The Labute approximate surface area is 49.8 Å². The Balaban J connectivity index is 2.37. The van der Waals surface area contributed by atoms with Gasteiger partial charge in [0.25, 0.3) is 0 Å². The molecule has 0 aromatic heterocycles. The fourth-order valence-corrected chi connectivity index (χ4v) is 0.855. The molecule has 1 rings (SSSR count). The van der Waals surface area contributed by atoms with Gasteiger partial charge in [-0.1, -0.05) is 6.08 Å². The van der Waals surface area contributed by atoms with Gasteiger partial charge >= 0.3 is 0 Å². The molecule has 0 saturated carbocycles. The Morgan fingerprint density at radius 3 is 3.00 bits per heavy atom. The van der Waals surface area contributed by atoms with Crippen LogP contribution in [0, 0.1) is 0 Å². The first-order chi connectivity index (χ1) is 3.93.